The van der Waals surface area contributed by atoms with Gasteiger partial charge in [-0.3, -0.25) is 4.79 Å². The highest BCUT2D eigenvalue weighted by Crippen LogP contribution is 2.16. The maximum absolute atomic E-state index is 12.3. The summed E-state index contributed by atoms with van der Waals surface area (Å²) in [6.45, 7) is 0.796. The van der Waals surface area contributed by atoms with Crippen LogP contribution in [-0.2, 0) is 13.1 Å². The van der Waals surface area contributed by atoms with Gasteiger partial charge in [0.2, 0.25) is 0 Å². The number of ether oxygens (including phenoxy) is 1. The van der Waals surface area contributed by atoms with Gasteiger partial charge in [0.15, 0.2) is 5.96 Å². The van der Waals surface area contributed by atoms with Gasteiger partial charge in [0, 0.05) is 32.7 Å². The Morgan fingerprint density at radius 2 is 1.87 bits per heavy atom. The van der Waals surface area contributed by atoms with Crippen LogP contribution in [0.25, 0.3) is 0 Å². The second-order valence-electron chi connectivity index (χ2n) is 6.33. The summed E-state index contributed by atoms with van der Waals surface area (Å²) in [6, 6.07) is 13.8. The molecule has 0 unspecified atom stereocenters. The molecule has 30 heavy (non-hydrogen) atoms. The number of benzene rings is 2. The van der Waals surface area contributed by atoms with Gasteiger partial charge in [-0.1, -0.05) is 24.3 Å². The number of nitrogens with one attached hydrogen (secondary N) is 2. The quantitative estimate of drug-likeness (QED) is 0.308. The summed E-state index contributed by atoms with van der Waals surface area (Å²) < 4.78 is 28.9. The van der Waals surface area contributed by atoms with Gasteiger partial charge < -0.3 is 20.3 Å². The van der Waals surface area contributed by atoms with E-state index in [2.05, 4.69) is 20.4 Å². The highest BCUT2D eigenvalue weighted by Gasteiger charge is 2.09. The molecule has 0 aliphatic carbocycles. The number of hydrogen-bond acceptors (Lipinski definition) is 3. The molecule has 0 saturated heterocycles. The van der Waals surface area contributed by atoms with E-state index in [1.165, 1.54) is 12.1 Å². The molecule has 0 radical (unpaired) electrons. The van der Waals surface area contributed by atoms with Crippen LogP contribution in [0.2, 0.25) is 0 Å². The Kier molecular flexibility index (Phi) is 11.1. The van der Waals surface area contributed by atoms with Crippen molar-refractivity contribution in [3.05, 3.63) is 65.2 Å². The molecule has 0 saturated carbocycles. The summed E-state index contributed by atoms with van der Waals surface area (Å²) in [4.78, 5) is 18.4. The van der Waals surface area contributed by atoms with Crippen molar-refractivity contribution in [1.82, 2.24) is 15.5 Å². The van der Waals surface area contributed by atoms with Crippen LogP contribution < -0.4 is 15.4 Å². The van der Waals surface area contributed by atoms with Crippen molar-refractivity contribution in [2.45, 2.75) is 26.6 Å². The molecule has 0 aromatic heterocycles. The summed E-state index contributed by atoms with van der Waals surface area (Å²) in [5.74, 6) is 0.688. The molecule has 0 aliphatic rings. The first-order chi connectivity index (χ1) is 13.9. The average molecular weight is 532 g/mol. The van der Waals surface area contributed by atoms with Crippen LogP contribution in [0, 0.1) is 0 Å². The van der Waals surface area contributed by atoms with Gasteiger partial charge in [-0.05, 0) is 42.3 Å². The van der Waals surface area contributed by atoms with Crippen molar-refractivity contribution in [1.29, 1.82) is 0 Å². The predicted molar refractivity (Wildman–Crippen MR) is 125 cm³/mol. The number of aliphatic imine (C=N–C) groups is 1. The Balaban J connectivity index is 0.00000450. The minimum Gasteiger partial charge on any atom is -0.435 e. The van der Waals surface area contributed by atoms with Gasteiger partial charge in [-0.15, -0.1) is 24.0 Å². The number of guanidine groups is 1. The number of amides is 1. The highest BCUT2D eigenvalue weighted by molar-refractivity contribution is 14.0. The Morgan fingerprint density at radius 1 is 1.17 bits per heavy atom. The van der Waals surface area contributed by atoms with Crippen molar-refractivity contribution >= 4 is 35.8 Å². The summed E-state index contributed by atoms with van der Waals surface area (Å²) in [7, 11) is 3.49. The normalized spacial score (nSPS) is 10.9. The zero-order chi connectivity index (χ0) is 21.2. The third-order valence-corrected chi connectivity index (χ3v) is 4.09. The molecule has 164 valence electrons. The summed E-state index contributed by atoms with van der Waals surface area (Å²) >= 11 is 0. The van der Waals surface area contributed by atoms with E-state index in [1.54, 1.807) is 25.2 Å². The number of hydrogen-bond donors (Lipinski definition) is 2. The lowest BCUT2D eigenvalue weighted by Crippen LogP contribution is -2.38. The fourth-order valence-corrected chi connectivity index (χ4v) is 2.72. The van der Waals surface area contributed by atoms with Crippen molar-refractivity contribution < 1.29 is 18.3 Å². The molecule has 2 aromatic rings. The van der Waals surface area contributed by atoms with Crippen molar-refractivity contribution in [3.8, 4) is 5.75 Å². The van der Waals surface area contributed by atoms with E-state index in [0.29, 0.717) is 31.2 Å². The molecule has 2 aromatic carbocycles. The predicted octanol–water partition coefficient (Wildman–Crippen LogP) is 3.86. The number of nitrogens with zero attached hydrogens (tertiary/aromatic N) is 2. The van der Waals surface area contributed by atoms with Crippen LogP contribution in [-0.4, -0.2) is 44.0 Å². The van der Waals surface area contributed by atoms with Gasteiger partial charge in [0.25, 0.3) is 5.91 Å². The van der Waals surface area contributed by atoms with Crippen LogP contribution in [0.5, 0.6) is 5.75 Å². The molecule has 0 atom stereocenters. The monoisotopic (exact) mass is 532 g/mol. The Bertz CT molecular complexity index is 832. The van der Waals surface area contributed by atoms with E-state index in [9.17, 15) is 13.6 Å². The number of alkyl halides is 2. The molecule has 0 fully saturated rings. The summed E-state index contributed by atoms with van der Waals surface area (Å²) in [6.07, 6.45) is 0. The van der Waals surface area contributed by atoms with E-state index in [1.807, 2.05) is 37.1 Å². The molecule has 6 nitrogen and oxygen atoms in total. The Labute approximate surface area is 192 Å². The van der Waals surface area contributed by atoms with E-state index >= 15 is 0 Å². The third-order valence-electron chi connectivity index (χ3n) is 4.09. The average Bonchev–Trinajstić information content (AvgIpc) is 2.71. The van der Waals surface area contributed by atoms with Crippen molar-refractivity contribution in [2.75, 3.05) is 20.6 Å². The number of carbonyl (C=O) groups excluding carboxylic acids is 1. The van der Waals surface area contributed by atoms with Crippen molar-refractivity contribution in [2.24, 2.45) is 4.99 Å². The maximum atomic E-state index is 12.3. The van der Waals surface area contributed by atoms with E-state index in [4.69, 9.17) is 0 Å². The van der Waals surface area contributed by atoms with Crippen LogP contribution >= 0.6 is 24.0 Å². The van der Waals surface area contributed by atoms with Gasteiger partial charge >= 0.3 is 6.61 Å². The first-order valence-corrected chi connectivity index (χ1v) is 9.27. The minimum atomic E-state index is -2.84. The van der Waals surface area contributed by atoms with Crippen LogP contribution in [0.15, 0.2) is 53.5 Å². The molecular formula is C21H27F2IN4O2. The third kappa shape index (κ3) is 8.13. The van der Waals surface area contributed by atoms with Gasteiger partial charge in [-0.2, -0.15) is 8.78 Å². The Morgan fingerprint density at radius 3 is 2.47 bits per heavy atom. The van der Waals surface area contributed by atoms with Crippen LogP contribution in [0.4, 0.5) is 8.78 Å². The van der Waals surface area contributed by atoms with Gasteiger partial charge in [-0.25, -0.2) is 4.99 Å². The smallest absolute Gasteiger partial charge is 0.387 e. The molecule has 9 heteroatoms. The van der Waals surface area contributed by atoms with Gasteiger partial charge in [0.05, 0.1) is 6.54 Å². The fourth-order valence-electron chi connectivity index (χ4n) is 2.72. The lowest BCUT2D eigenvalue weighted by Gasteiger charge is -2.22. The lowest BCUT2D eigenvalue weighted by molar-refractivity contribution is -0.0498. The zero-order valence-electron chi connectivity index (χ0n) is 17.2. The summed E-state index contributed by atoms with van der Waals surface area (Å²) in [5.41, 5.74) is 2.44. The second kappa shape index (κ2) is 13.0. The molecule has 0 aliphatic heterocycles. The Hall–Kier alpha value is -2.43. The van der Waals surface area contributed by atoms with Crippen LogP contribution in [0.1, 0.15) is 28.4 Å². The lowest BCUT2D eigenvalue weighted by atomic mass is 10.1. The SMILES string of the molecule is CCNC(=NCc1cccc(C(=O)NC)c1)N(C)Cc1ccc(OC(F)F)cc1.I. The molecular weight excluding hydrogens is 505 g/mol. The molecule has 0 bridgehead atoms. The number of halogens is 3. The first-order valence-electron chi connectivity index (χ1n) is 9.27. The molecule has 2 N–H and O–H groups in total. The second-order valence-corrected chi connectivity index (χ2v) is 6.33. The molecule has 0 spiro atoms. The number of rotatable bonds is 8. The molecule has 0 heterocycles. The van der Waals surface area contributed by atoms with E-state index in [0.717, 1.165) is 11.1 Å². The van der Waals surface area contributed by atoms with Crippen molar-refractivity contribution in [3.63, 3.8) is 0 Å². The first kappa shape index (κ1) is 25.6. The highest BCUT2D eigenvalue weighted by atomic mass is 127. The molecule has 1 amide bonds. The van der Waals surface area contributed by atoms with E-state index in [-0.39, 0.29) is 35.6 Å². The van der Waals surface area contributed by atoms with Gasteiger partial charge in [0.1, 0.15) is 5.75 Å². The largest absolute Gasteiger partial charge is 0.435 e. The standard InChI is InChI=1S/C21H26F2N4O2.HI/c1-4-25-21(26-13-16-6-5-7-17(12-16)19(28)24-2)27(3)14-15-8-10-18(11-9-15)29-20(22)23;/h5-12,20H,4,13-14H2,1-3H3,(H,24,28)(H,25,26);1H. The molecule has 2 rings (SSSR count). The topological polar surface area (TPSA) is 66.0 Å². The maximum Gasteiger partial charge on any atom is 0.387 e. The summed E-state index contributed by atoms with van der Waals surface area (Å²) in [5, 5.41) is 5.84. The minimum absolute atomic E-state index is 0. The van der Waals surface area contributed by atoms with E-state index < -0.39 is 6.61 Å². The van der Waals surface area contributed by atoms with Crippen LogP contribution in [0.3, 0.4) is 0 Å². The zero-order valence-corrected chi connectivity index (χ0v) is 19.5. The fraction of sp³-hybridized carbons (Fsp3) is 0.333. The number of carbonyl (C=O) groups is 1.